The number of aromatic nitrogens is 4. The number of fused-ring (bicyclic) bond motifs is 1. The summed E-state index contributed by atoms with van der Waals surface area (Å²) in [4.78, 5) is 16.0. The zero-order chi connectivity index (χ0) is 17.3. The van der Waals surface area contributed by atoms with E-state index in [-0.39, 0.29) is 0 Å². The molecule has 3 heterocycles. The van der Waals surface area contributed by atoms with Gasteiger partial charge in [-0.25, -0.2) is 9.97 Å². The molecule has 3 rings (SSSR count). The van der Waals surface area contributed by atoms with Crippen LogP contribution in [-0.2, 0) is 12.2 Å². The summed E-state index contributed by atoms with van der Waals surface area (Å²) in [6, 6.07) is 0. The summed E-state index contributed by atoms with van der Waals surface area (Å²) >= 11 is 3.37. The minimum absolute atomic E-state index is 0.633. The number of nitrogens with zero attached hydrogens (tertiary/aromatic N) is 4. The molecule has 128 valence electrons. The highest BCUT2D eigenvalue weighted by molar-refractivity contribution is 7.98. The van der Waals surface area contributed by atoms with Crippen LogP contribution in [0.5, 0.6) is 0 Å². The zero-order valence-corrected chi connectivity index (χ0v) is 16.3. The van der Waals surface area contributed by atoms with E-state index >= 15 is 0 Å². The lowest BCUT2D eigenvalue weighted by Gasteiger charge is -2.03. The van der Waals surface area contributed by atoms with Gasteiger partial charge >= 0.3 is 0 Å². The molecule has 0 unspecified atom stereocenters. The Morgan fingerprint density at radius 2 is 1.92 bits per heavy atom. The SMILES string of the molecule is Cc1nc(SCc2nc(CCC(C)C)no2)c2c(C)c(C)sc2n1. The molecule has 0 aliphatic heterocycles. The van der Waals surface area contributed by atoms with E-state index < -0.39 is 0 Å². The summed E-state index contributed by atoms with van der Waals surface area (Å²) in [5.41, 5.74) is 1.26. The van der Waals surface area contributed by atoms with Crippen LogP contribution in [0.4, 0.5) is 0 Å². The first-order chi connectivity index (χ1) is 11.4. The molecule has 0 atom stereocenters. The van der Waals surface area contributed by atoms with E-state index in [1.807, 2.05) is 6.92 Å². The summed E-state index contributed by atoms with van der Waals surface area (Å²) in [6.07, 6.45) is 1.94. The lowest BCUT2D eigenvalue weighted by molar-refractivity contribution is 0.383. The molecule has 0 saturated carbocycles. The summed E-state index contributed by atoms with van der Waals surface area (Å²) in [6.45, 7) is 10.6. The lowest BCUT2D eigenvalue weighted by atomic mass is 10.1. The van der Waals surface area contributed by atoms with Crippen molar-refractivity contribution in [2.45, 2.75) is 58.2 Å². The molecule has 0 N–H and O–H groups in total. The van der Waals surface area contributed by atoms with Crippen molar-refractivity contribution in [3.8, 4) is 0 Å². The van der Waals surface area contributed by atoms with Crippen LogP contribution in [-0.4, -0.2) is 20.1 Å². The monoisotopic (exact) mass is 362 g/mol. The molecule has 5 nitrogen and oxygen atoms in total. The minimum atomic E-state index is 0.633. The highest BCUT2D eigenvalue weighted by atomic mass is 32.2. The Morgan fingerprint density at radius 3 is 2.67 bits per heavy atom. The first-order valence-corrected chi connectivity index (χ1v) is 9.93. The number of aryl methyl sites for hydroxylation is 4. The average Bonchev–Trinajstić information content (AvgIpc) is 3.08. The number of hydrogen-bond acceptors (Lipinski definition) is 7. The topological polar surface area (TPSA) is 64.7 Å². The van der Waals surface area contributed by atoms with Gasteiger partial charge in [-0.2, -0.15) is 4.98 Å². The van der Waals surface area contributed by atoms with E-state index in [4.69, 9.17) is 4.52 Å². The van der Waals surface area contributed by atoms with Crippen molar-refractivity contribution in [3.05, 3.63) is 28.0 Å². The molecule has 0 spiro atoms. The molecule has 7 heteroatoms. The Morgan fingerprint density at radius 1 is 1.12 bits per heavy atom. The lowest BCUT2D eigenvalue weighted by Crippen LogP contribution is -1.94. The Bertz CT molecular complexity index is 854. The van der Waals surface area contributed by atoms with Gasteiger partial charge in [0.15, 0.2) is 5.82 Å². The van der Waals surface area contributed by atoms with Crippen molar-refractivity contribution in [2.75, 3.05) is 0 Å². The van der Waals surface area contributed by atoms with Crippen molar-refractivity contribution < 1.29 is 4.52 Å². The normalized spacial score (nSPS) is 11.8. The van der Waals surface area contributed by atoms with Crippen LogP contribution in [0, 0.1) is 26.7 Å². The summed E-state index contributed by atoms with van der Waals surface area (Å²) in [7, 11) is 0. The van der Waals surface area contributed by atoms with Gasteiger partial charge in [0.25, 0.3) is 0 Å². The van der Waals surface area contributed by atoms with Gasteiger partial charge in [0, 0.05) is 16.7 Å². The maximum absolute atomic E-state index is 5.37. The highest BCUT2D eigenvalue weighted by Gasteiger charge is 2.15. The van der Waals surface area contributed by atoms with Gasteiger partial charge < -0.3 is 4.52 Å². The summed E-state index contributed by atoms with van der Waals surface area (Å²) in [5.74, 6) is 3.53. The Kier molecular flexibility index (Phi) is 5.20. The second-order valence-electron chi connectivity index (χ2n) is 6.36. The van der Waals surface area contributed by atoms with E-state index in [0.29, 0.717) is 17.6 Å². The van der Waals surface area contributed by atoms with E-state index in [1.165, 1.54) is 10.4 Å². The molecule has 0 aliphatic carbocycles. The molecule has 0 saturated heterocycles. The first-order valence-electron chi connectivity index (χ1n) is 8.12. The van der Waals surface area contributed by atoms with E-state index in [1.54, 1.807) is 23.1 Å². The fourth-order valence-corrected chi connectivity index (χ4v) is 4.52. The van der Waals surface area contributed by atoms with E-state index in [0.717, 1.165) is 39.7 Å². The fraction of sp³-hybridized carbons (Fsp3) is 0.529. The molecular weight excluding hydrogens is 340 g/mol. The quantitative estimate of drug-likeness (QED) is 0.460. The molecule has 0 amide bonds. The van der Waals surface area contributed by atoms with Crippen LogP contribution < -0.4 is 0 Å². The Labute approximate surface area is 150 Å². The molecule has 3 aromatic rings. The number of thiophene rings is 1. The molecule has 0 aromatic carbocycles. The second kappa shape index (κ2) is 7.19. The standard InChI is InChI=1S/C17H22N4OS2/c1-9(2)6-7-13-20-14(22-21-13)8-23-16-15-10(3)11(4)24-17(15)19-12(5)18-16/h9H,6-8H2,1-5H3. The van der Waals surface area contributed by atoms with Crippen LogP contribution in [0.1, 0.15) is 48.2 Å². The minimum Gasteiger partial charge on any atom is -0.338 e. The summed E-state index contributed by atoms with van der Waals surface area (Å²) in [5, 5.41) is 6.23. The largest absolute Gasteiger partial charge is 0.338 e. The van der Waals surface area contributed by atoms with Gasteiger partial charge in [-0.05, 0) is 38.7 Å². The Hall–Kier alpha value is -1.47. The highest BCUT2D eigenvalue weighted by Crippen LogP contribution is 2.36. The fourth-order valence-electron chi connectivity index (χ4n) is 2.42. The molecule has 0 aliphatic rings. The smallest absolute Gasteiger partial charge is 0.237 e. The molecule has 3 aromatic heterocycles. The Balaban J connectivity index is 1.76. The van der Waals surface area contributed by atoms with Crippen molar-refractivity contribution in [1.82, 2.24) is 20.1 Å². The second-order valence-corrected chi connectivity index (χ2v) is 8.53. The maximum Gasteiger partial charge on any atom is 0.237 e. The maximum atomic E-state index is 5.37. The van der Waals surface area contributed by atoms with Crippen LogP contribution in [0.3, 0.4) is 0 Å². The van der Waals surface area contributed by atoms with Crippen molar-refractivity contribution in [2.24, 2.45) is 5.92 Å². The predicted octanol–water partition coefficient (Wildman–Crippen LogP) is 4.88. The zero-order valence-electron chi connectivity index (χ0n) is 14.7. The van der Waals surface area contributed by atoms with Crippen LogP contribution >= 0.6 is 23.1 Å². The van der Waals surface area contributed by atoms with Crippen molar-refractivity contribution >= 4 is 33.3 Å². The third-order valence-corrected chi connectivity index (χ3v) is 5.96. The van der Waals surface area contributed by atoms with Crippen molar-refractivity contribution in [1.29, 1.82) is 0 Å². The van der Waals surface area contributed by atoms with Gasteiger partial charge in [0.05, 0.1) is 5.75 Å². The third-order valence-electron chi connectivity index (χ3n) is 3.90. The van der Waals surface area contributed by atoms with Gasteiger partial charge in [-0.1, -0.05) is 30.8 Å². The molecular formula is C17H22N4OS2. The van der Waals surface area contributed by atoms with Gasteiger partial charge in [-0.15, -0.1) is 11.3 Å². The summed E-state index contributed by atoms with van der Waals surface area (Å²) < 4.78 is 5.37. The number of rotatable bonds is 6. The van der Waals surface area contributed by atoms with Gasteiger partial charge in [0.1, 0.15) is 15.7 Å². The van der Waals surface area contributed by atoms with Crippen molar-refractivity contribution in [3.63, 3.8) is 0 Å². The third kappa shape index (κ3) is 3.78. The van der Waals surface area contributed by atoms with E-state index in [2.05, 4.69) is 47.8 Å². The van der Waals surface area contributed by atoms with E-state index in [9.17, 15) is 0 Å². The van der Waals surface area contributed by atoms with Gasteiger partial charge in [0.2, 0.25) is 5.89 Å². The predicted molar refractivity (Wildman–Crippen MR) is 98.6 cm³/mol. The molecule has 0 bridgehead atoms. The molecule has 0 radical (unpaired) electrons. The van der Waals surface area contributed by atoms with Crippen LogP contribution in [0.25, 0.3) is 10.2 Å². The first kappa shape index (κ1) is 17.4. The molecule has 24 heavy (non-hydrogen) atoms. The molecule has 0 fully saturated rings. The van der Waals surface area contributed by atoms with Crippen LogP contribution in [0.2, 0.25) is 0 Å². The number of hydrogen-bond donors (Lipinski definition) is 0. The van der Waals surface area contributed by atoms with Gasteiger partial charge in [-0.3, -0.25) is 0 Å². The van der Waals surface area contributed by atoms with Crippen LogP contribution in [0.15, 0.2) is 9.55 Å². The average molecular weight is 363 g/mol. The number of thioether (sulfide) groups is 1.